The van der Waals surface area contributed by atoms with Crippen molar-refractivity contribution >= 4 is 15.9 Å². The first-order valence-electron chi connectivity index (χ1n) is 6.05. The molecule has 0 amide bonds. The second-order valence-electron chi connectivity index (χ2n) is 5.18. The molecule has 0 aliphatic rings. The molecule has 1 aromatic rings. The van der Waals surface area contributed by atoms with Crippen molar-refractivity contribution in [1.82, 2.24) is 5.32 Å². The van der Waals surface area contributed by atoms with Crippen LogP contribution in [0.4, 0.5) is 0 Å². The Kier molecular flexibility index (Phi) is 5.02. The van der Waals surface area contributed by atoms with Gasteiger partial charge in [-0.05, 0) is 67.9 Å². The number of benzene rings is 1. The SMILES string of the molecule is CCNC(C)c1ccc(OC(C)(C)C)c(Br)c1. The fraction of sp³-hybridized carbons (Fsp3) is 0.571. The van der Waals surface area contributed by atoms with Crippen molar-refractivity contribution in [2.24, 2.45) is 0 Å². The van der Waals surface area contributed by atoms with Crippen LogP contribution >= 0.6 is 15.9 Å². The minimum Gasteiger partial charge on any atom is -0.487 e. The molecule has 0 spiro atoms. The molecule has 1 atom stereocenters. The monoisotopic (exact) mass is 299 g/mol. The maximum Gasteiger partial charge on any atom is 0.134 e. The van der Waals surface area contributed by atoms with Gasteiger partial charge in [0.25, 0.3) is 0 Å². The second kappa shape index (κ2) is 5.87. The quantitative estimate of drug-likeness (QED) is 0.895. The Balaban J connectivity index is 2.86. The van der Waals surface area contributed by atoms with Crippen molar-refractivity contribution in [3.05, 3.63) is 28.2 Å². The number of ether oxygens (including phenoxy) is 1. The molecule has 0 heterocycles. The molecule has 0 bridgehead atoms. The Labute approximate surface area is 113 Å². The first kappa shape index (κ1) is 14.5. The average Bonchev–Trinajstić information content (AvgIpc) is 2.19. The third kappa shape index (κ3) is 4.68. The van der Waals surface area contributed by atoms with Crippen LogP contribution < -0.4 is 10.1 Å². The lowest BCUT2D eigenvalue weighted by Gasteiger charge is -2.23. The van der Waals surface area contributed by atoms with Crippen LogP contribution in [0, 0.1) is 0 Å². The summed E-state index contributed by atoms with van der Waals surface area (Å²) in [6, 6.07) is 6.62. The molecule has 0 aliphatic carbocycles. The normalized spacial score (nSPS) is 13.5. The molecule has 0 fully saturated rings. The van der Waals surface area contributed by atoms with Crippen LogP contribution in [0.25, 0.3) is 0 Å². The van der Waals surface area contributed by atoms with E-state index >= 15 is 0 Å². The molecule has 0 aromatic heterocycles. The van der Waals surface area contributed by atoms with Crippen LogP contribution in [0.2, 0.25) is 0 Å². The lowest BCUT2D eigenvalue weighted by atomic mass is 10.1. The first-order valence-corrected chi connectivity index (χ1v) is 6.84. The van der Waals surface area contributed by atoms with Crippen molar-refractivity contribution in [3.8, 4) is 5.75 Å². The van der Waals surface area contributed by atoms with Crippen molar-refractivity contribution in [1.29, 1.82) is 0 Å². The Morgan fingerprint density at radius 2 is 2.00 bits per heavy atom. The van der Waals surface area contributed by atoms with Gasteiger partial charge in [-0.3, -0.25) is 0 Å². The van der Waals surface area contributed by atoms with Crippen LogP contribution in [0.15, 0.2) is 22.7 Å². The van der Waals surface area contributed by atoms with E-state index in [9.17, 15) is 0 Å². The van der Waals surface area contributed by atoms with Gasteiger partial charge in [0.2, 0.25) is 0 Å². The highest BCUT2D eigenvalue weighted by molar-refractivity contribution is 9.10. The molecule has 0 saturated carbocycles. The lowest BCUT2D eigenvalue weighted by molar-refractivity contribution is 0.130. The molecule has 1 unspecified atom stereocenters. The number of nitrogens with one attached hydrogen (secondary N) is 1. The zero-order valence-corrected chi connectivity index (χ0v) is 12.9. The van der Waals surface area contributed by atoms with E-state index in [1.54, 1.807) is 0 Å². The third-order valence-corrected chi connectivity index (χ3v) is 3.00. The third-order valence-electron chi connectivity index (χ3n) is 2.38. The Bertz CT molecular complexity index is 371. The van der Waals surface area contributed by atoms with Gasteiger partial charge in [-0.1, -0.05) is 13.0 Å². The highest BCUT2D eigenvalue weighted by Crippen LogP contribution is 2.30. The number of hydrogen-bond donors (Lipinski definition) is 1. The zero-order chi connectivity index (χ0) is 13.1. The highest BCUT2D eigenvalue weighted by Gasteiger charge is 2.14. The van der Waals surface area contributed by atoms with Gasteiger partial charge in [0.05, 0.1) is 4.47 Å². The molecule has 1 aromatic carbocycles. The average molecular weight is 300 g/mol. The standard InChI is InChI=1S/C14H22BrNO/c1-6-16-10(2)11-7-8-13(12(15)9-11)17-14(3,4)5/h7-10,16H,6H2,1-5H3. The summed E-state index contributed by atoms with van der Waals surface area (Å²) in [5.41, 5.74) is 1.09. The highest BCUT2D eigenvalue weighted by atomic mass is 79.9. The first-order chi connectivity index (χ1) is 7.83. The summed E-state index contributed by atoms with van der Waals surface area (Å²) in [5, 5.41) is 3.40. The molecular weight excluding hydrogens is 278 g/mol. The minimum atomic E-state index is -0.169. The van der Waals surface area contributed by atoms with E-state index in [1.807, 2.05) is 6.07 Å². The van der Waals surface area contributed by atoms with E-state index in [0.717, 1.165) is 16.8 Å². The summed E-state index contributed by atoms with van der Waals surface area (Å²) in [5.74, 6) is 0.893. The predicted molar refractivity (Wildman–Crippen MR) is 76.6 cm³/mol. The van der Waals surface area contributed by atoms with Crippen LogP contribution in [0.5, 0.6) is 5.75 Å². The van der Waals surface area contributed by atoms with E-state index in [1.165, 1.54) is 5.56 Å². The maximum absolute atomic E-state index is 5.86. The molecule has 3 heteroatoms. The Hall–Kier alpha value is -0.540. The summed E-state index contributed by atoms with van der Waals surface area (Å²) in [6.07, 6.45) is 0. The Morgan fingerprint density at radius 1 is 1.35 bits per heavy atom. The molecule has 2 nitrogen and oxygen atoms in total. The summed E-state index contributed by atoms with van der Waals surface area (Å²) in [7, 11) is 0. The summed E-state index contributed by atoms with van der Waals surface area (Å²) in [6.45, 7) is 11.4. The fourth-order valence-corrected chi connectivity index (χ4v) is 2.10. The van der Waals surface area contributed by atoms with Crippen LogP contribution in [-0.2, 0) is 0 Å². The second-order valence-corrected chi connectivity index (χ2v) is 6.04. The van der Waals surface area contributed by atoms with Crippen molar-refractivity contribution in [2.45, 2.75) is 46.3 Å². The van der Waals surface area contributed by atoms with Crippen molar-refractivity contribution in [3.63, 3.8) is 0 Å². The molecule has 1 N–H and O–H groups in total. The fourth-order valence-electron chi connectivity index (χ4n) is 1.62. The zero-order valence-electron chi connectivity index (χ0n) is 11.3. The van der Waals surface area contributed by atoms with Gasteiger partial charge in [0.1, 0.15) is 11.4 Å². The van der Waals surface area contributed by atoms with E-state index in [4.69, 9.17) is 4.74 Å². The van der Waals surface area contributed by atoms with Gasteiger partial charge >= 0.3 is 0 Å². The minimum absolute atomic E-state index is 0.169. The molecular formula is C14H22BrNO. The van der Waals surface area contributed by atoms with E-state index in [-0.39, 0.29) is 5.60 Å². The molecule has 17 heavy (non-hydrogen) atoms. The van der Waals surface area contributed by atoms with Gasteiger partial charge in [0.15, 0.2) is 0 Å². The summed E-state index contributed by atoms with van der Waals surface area (Å²) >= 11 is 3.57. The van der Waals surface area contributed by atoms with Crippen LogP contribution in [0.3, 0.4) is 0 Å². The summed E-state index contributed by atoms with van der Waals surface area (Å²) in [4.78, 5) is 0. The summed E-state index contributed by atoms with van der Waals surface area (Å²) < 4.78 is 6.87. The Morgan fingerprint density at radius 3 is 2.47 bits per heavy atom. The van der Waals surface area contributed by atoms with Gasteiger partial charge < -0.3 is 10.1 Å². The van der Waals surface area contributed by atoms with Crippen LogP contribution in [0.1, 0.15) is 46.2 Å². The maximum atomic E-state index is 5.86. The number of halogens is 1. The van der Waals surface area contributed by atoms with Crippen LogP contribution in [-0.4, -0.2) is 12.1 Å². The molecule has 0 aliphatic heterocycles. The van der Waals surface area contributed by atoms with E-state index in [0.29, 0.717) is 6.04 Å². The van der Waals surface area contributed by atoms with Gasteiger partial charge in [-0.15, -0.1) is 0 Å². The largest absolute Gasteiger partial charge is 0.487 e. The molecule has 96 valence electrons. The van der Waals surface area contributed by atoms with Gasteiger partial charge in [0, 0.05) is 6.04 Å². The lowest BCUT2D eigenvalue weighted by Crippen LogP contribution is -2.23. The van der Waals surface area contributed by atoms with E-state index in [2.05, 4.69) is 68.0 Å². The van der Waals surface area contributed by atoms with E-state index < -0.39 is 0 Å². The number of hydrogen-bond acceptors (Lipinski definition) is 2. The molecule has 0 saturated heterocycles. The van der Waals surface area contributed by atoms with Gasteiger partial charge in [-0.25, -0.2) is 0 Å². The molecule has 1 rings (SSSR count). The van der Waals surface area contributed by atoms with Crippen molar-refractivity contribution in [2.75, 3.05) is 6.54 Å². The number of rotatable bonds is 4. The molecule has 0 radical (unpaired) electrons. The van der Waals surface area contributed by atoms with Crippen molar-refractivity contribution < 1.29 is 4.74 Å². The smallest absolute Gasteiger partial charge is 0.134 e. The predicted octanol–water partition coefficient (Wildman–Crippen LogP) is 4.30. The van der Waals surface area contributed by atoms with Gasteiger partial charge in [-0.2, -0.15) is 0 Å². The topological polar surface area (TPSA) is 21.3 Å².